The summed E-state index contributed by atoms with van der Waals surface area (Å²) < 4.78 is 29.3. The van der Waals surface area contributed by atoms with Gasteiger partial charge in [-0.05, 0) is 23.0 Å². The van der Waals surface area contributed by atoms with Crippen LogP contribution in [0.5, 0.6) is 5.75 Å². The van der Waals surface area contributed by atoms with Crippen LogP contribution in [0.25, 0.3) is 11.4 Å². The second-order valence-electron chi connectivity index (χ2n) is 8.22. The second-order valence-corrected chi connectivity index (χ2v) is 10.7. The van der Waals surface area contributed by atoms with Gasteiger partial charge in [-0.15, -0.1) is 0 Å². The van der Waals surface area contributed by atoms with Gasteiger partial charge in [0.1, 0.15) is 5.75 Å². The van der Waals surface area contributed by atoms with E-state index in [2.05, 4.69) is 14.1 Å². The van der Waals surface area contributed by atoms with Crippen molar-refractivity contribution in [2.24, 2.45) is 0 Å². The van der Waals surface area contributed by atoms with E-state index in [9.17, 15) is 13.5 Å². The molecule has 0 radical (unpaired) electrons. The first-order valence-electron chi connectivity index (χ1n) is 7.88. The highest BCUT2D eigenvalue weighted by atomic mass is 32.2. The Balaban J connectivity index is 2.62. The number of sulfonamides is 1. The van der Waals surface area contributed by atoms with Gasteiger partial charge in [0.2, 0.25) is 15.2 Å². The molecule has 0 amide bonds. The first-order valence-corrected chi connectivity index (χ1v) is 10.5. The summed E-state index contributed by atoms with van der Waals surface area (Å²) >= 11 is 0.988. The lowest BCUT2D eigenvalue weighted by Crippen LogP contribution is -2.17. The Morgan fingerprint density at radius 1 is 1.04 bits per heavy atom. The molecule has 0 spiro atoms. The Labute approximate surface area is 153 Å². The van der Waals surface area contributed by atoms with Crippen LogP contribution in [0.15, 0.2) is 12.1 Å². The van der Waals surface area contributed by atoms with Crippen LogP contribution < -0.4 is 4.72 Å². The molecule has 138 valence electrons. The van der Waals surface area contributed by atoms with Crippen LogP contribution >= 0.6 is 11.5 Å². The summed E-state index contributed by atoms with van der Waals surface area (Å²) in [4.78, 5) is 4.28. The van der Waals surface area contributed by atoms with Crippen molar-refractivity contribution in [3.8, 4) is 17.1 Å². The van der Waals surface area contributed by atoms with E-state index < -0.39 is 10.0 Å². The Kier molecular flexibility index (Phi) is 4.91. The molecule has 0 atom stereocenters. The van der Waals surface area contributed by atoms with E-state index in [1.807, 2.05) is 53.7 Å². The van der Waals surface area contributed by atoms with Crippen LogP contribution in [0, 0.1) is 0 Å². The Morgan fingerprint density at radius 3 is 1.92 bits per heavy atom. The summed E-state index contributed by atoms with van der Waals surface area (Å²) in [5.74, 6) is 0.723. The van der Waals surface area contributed by atoms with Crippen LogP contribution in [0.1, 0.15) is 52.7 Å². The van der Waals surface area contributed by atoms with E-state index in [1.54, 1.807) is 0 Å². The highest BCUT2D eigenvalue weighted by Crippen LogP contribution is 2.41. The molecule has 1 aromatic heterocycles. The molecular weight excluding hydrogens is 358 g/mol. The topological polar surface area (TPSA) is 92.2 Å². The first-order chi connectivity index (χ1) is 11.2. The molecule has 1 aromatic carbocycles. The predicted molar refractivity (Wildman–Crippen MR) is 103 cm³/mol. The summed E-state index contributed by atoms with van der Waals surface area (Å²) in [6, 6.07) is 3.74. The van der Waals surface area contributed by atoms with Gasteiger partial charge < -0.3 is 5.11 Å². The van der Waals surface area contributed by atoms with Gasteiger partial charge in [0.05, 0.1) is 6.26 Å². The smallest absolute Gasteiger partial charge is 0.231 e. The van der Waals surface area contributed by atoms with Gasteiger partial charge in [0, 0.05) is 28.2 Å². The fourth-order valence-corrected chi connectivity index (χ4v) is 3.86. The molecule has 2 rings (SSSR count). The van der Waals surface area contributed by atoms with Crippen molar-refractivity contribution in [2.75, 3.05) is 11.0 Å². The molecule has 0 bridgehead atoms. The Hall–Kier alpha value is -1.67. The van der Waals surface area contributed by atoms with Crippen molar-refractivity contribution in [1.29, 1.82) is 0 Å². The Bertz CT molecular complexity index is 854. The monoisotopic (exact) mass is 383 g/mol. The van der Waals surface area contributed by atoms with E-state index in [0.717, 1.165) is 34.5 Å². The number of phenolic OH excluding ortho intramolecular Hbond substituents is 1. The number of hydrogen-bond acceptors (Lipinski definition) is 6. The number of aromatic hydroxyl groups is 1. The number of phenols is 1. The third-order valence-corrected chi connectivity index (χ3v) is 5.01. The summed E-state index contributed by atoms with van der Waals surface area (Å²) in [6.45, 7) is 12.2. The minimum absolute atomic E-state index is 0.222. The normalized spacial score (nSPS) is 13.1. The zero-order valence-corrected chi connectivity index (χ0v) is 17.3. The van der Waals surface area contributed by atoms with E-state index >= 15 is 0 Å². The molecule has 6 nitrogen and oxygen atoms in total. The molecule has 2 aromatic rings. The van der Waals surface area contributed by atoms with Crippen molar-refractivity contribution in [2.45, 2.75) is 52.4 Å². The lowest BCUT2D eigenvalue weighted by Gasteiger charge is -2.27. The fraction of sp³-hybridized carbons (Fsp3) is 0.529. The average molecular weight is 384 g/mol. The lowest BCUT2D eigenvalue weighted by molar-refractivity contribution is 0.423. The maximum atomic E-state index is 11.4. The van der Waals surface area contributed by atoms with Crippen LogP contribution in [0.4, 0.5) is 5.13 Å². The van der Waals surface area contributed by atoms with Gasteiger partial charge in [-0.2, -0.15) is 9.36 Å². The molecule has 0 saturated carbocycles. The van der Waals surface area contributed by atoms with Crippen LogP contribution in [0.2, 0.25) is 0 Å². The molecule has 8 heteroatoms. The summed E-state index contributed by atoms with van der Waals surface area (Å²) in [5, 5.41) is 11.0. The van der Waals surface area contributed by atoms with E-state index in [4.69, 9.17) is 0 Å². The van der Waals surface area contributed by atoms with E-state index in [0.29, 0.717) is 5.82 Å². The van der Waals surface area contributed by atoms with Crippen molar-refractivity contribution in [3.05, 3.63) is 23.3 Å². The van der Waals surface area contributed by atoms with Gasteiger partial charge in [-0.25, -0.2) is 8.42 Å². The molecule has 1 heterocycles. The average Bonchev–Trinajstić information content (AvgIpc) is 2.82. The second kappa shape index (κ2) is 6.25. The van der Waals surface area contributed by atoms with Gasteiger partial charge >= 0.3 is 0 Å². The van der Waals surface area contributed by atoms with Crippen molar-refractivity contribution in [1.82, 2.24) is 9.36 Å². The third kappa shape index (κ3) is 4.70. The maximum Gasteiger partial charge on any atom is 0.231 e. The number of aromatic nitrogens is 2. The van der Waals surface area contributed by atoms with E-state index in [-0.39, 0.29) is 21.7 Å². The summed E-state index contributed by atoms with van der Waals surface area (Å²) in [6.07, 6.45) is 1.07. The van der Waals surface area contributed by atoms with Gasteiger partial charge in [0.25, 0.3) is 0 Å². The fourth-order valence-electron chi connectivity index (χ4n) is 2.45. The largest absolute Gasteiger partial charge is 0.507 e. The highest BCUT2D eigenvalue weighted by Gasteiger charge is 2.27. The number of nitrogens with zero attached hydrogens (tertiary/aromatic N) is 2. The standard InChI is InChI=1S/C17H25N3O3S2/c1-16(2,3)11-8-10(9-12(13(11)21)17(4,5)6)14-18-15(24-19-14)20-25(7,22)23/h8-9,21H,1-7H3,(H,18,19,20). The van der Waals surface area contributed by atoms with Crippen molar-refractivity contribution >= 4 is 26.7 Å². The van der Waals surface area contributed by atoms with Crippen molar-refractivity contribution in [3.63, 3.8) is 0 Å². The molecule has 0 fully saturated rings. The summed E-state index contributed by atoms with van der Waals surface area (Å²) in [5.41, 5.74) is 1.85. The molecule has 25 heavy (non-hydrogen) atoms. The van der Waals surface area contributed by atoms with Crippen LogP contribution in [-0.2, 0) is 20.9 Å². The van der Waals surface area contributed by atoms with Gasteiger partial charge in [-0.1, -0.05) is 41.5 Å². The van der Waals surface area contributed by atoms with Gasteiger partial charge in [0.15, 0.2) is 5.82 Å². The lowest BCUT2D eigenvalue weighted by atomic mass is 9.78. The molecular formula is C17H25N3O3S2. The quantitative estimate of drug-likeness (QED) is 0.839. The molecule has 0 aliphatic heterocycles. The first kappa shape index (κ1) is 19.7. The molecule has 0 unspecified atom stereocenters. The molecule has 2 N–H and O–H groups in total. The summed E-state index contributed by atoms with van der Waals surface area (Å²) in [7, 11) is -3.40. The minimum atomic E-state index is -3.40. The zero-order chi connectivity index (χ0) is 19.2. The highest BCUT2D eigenvalue weighted by molar-refractivity contribution is 7.92. The zero-order valence-electron chi connectivity index (χ0n) is 15.6. The number of rotatable bonds is 3. The predicted octanol–water partition coefficient (Wildman–Crippen LogP) is 3.88. The molecule has 0 aliphatic carbocycles. The number of nitrogens with one attached hydrogen (secondary N) is 1. The van der Waals surface area contributed by atoms with Crippen LogP contribution in [0.3, 0.4) is 0 Å². The Morgan fingerprint density at radius 2 is 1.52 bits per heavy atom. The maximum absolute atomic E-state index is 11.4. The SMILES string of the molecule is CC(C)(C)c1cc(-c2nsc(NS(C)(=O)=O)n2)cc(C(C)(C)C)c1O. The number of hydrogen-bond donors (Lipinski definition) is 2. The number of anilines is 1. The molecule has 0 saturated heterocycles. The van der Waals surface area contributed by atoms with Crippen LogP contribution in [-0.4, -0.2) is 29.1 Å². The van der Waals surface area contributed by atoms with Gasteiger partial charge in [-0.3, -0.25) is 4.72 Å². The van der Waals surface area contributed by atoms with Crippen molar-refractivity contribution < 1.29 is 13.5 Å². The molecule has 0 aliphatic rings. The number of benzene rings is 1. The minimum Gasteiger partial charge on any atom is -0.507 e. The third-order valence-electron chi connectivity index (χ3n) is 3.68. The van der Waals surface area contributed by atoms with E-state index in [1.165, 1.54) is 0 Å².